The summed E-state index contributed by atoms with van der Waals surface area (Å²) in [7, 11) is -3.12. The Morgan fingerprint density at radius 3 is 2.21 bits per heavy atom. The van der Waals surface area contributed by atoms with Gasteiger partial charge in [0.05, 0.1) is 5.75 Å². The Labute approximate surface area is 123 Å². The molecule has 19 heavy (non-hydrogen) atoms. The molecule has 0 unspecified atom stereocenters. The molecule has 0 atom stereocenters. The van der Waals surface area contributed by atoms with Crippen LogP contribution in [0.3, 0.4) is 0 Å². The van der Waals surface area contributed by atoms with Gasteiger partial charge in [-0.25, -0.2) is 13.1 Å². The lowest BCUT2D eigenvalue weighted by Gasteiger charge is -2.29. The van der Waals surface area contributed by atoms with Crippen molar-refractivity contribution in [2.24, 2.45) is 0 Å². The molecule has 0 heterocycles. The van der Waals surface area contributed by atoms with Crippen molar-refractivity contribution in [3.63, 3.8) is 0 Å². The van der Waals surface area contributed by atoms with Gasteiger partial charge in [0.25, 0.3) is 0 Å². The maximum Gasteiger partial charge on any atom is 0.211 e. The molecular formula is C13H30N2O2S2. The summed E-state index contributed by atoms with van der Waals surface area (Å²) >= 11 is 1.76. The van der Waals surface area contributed by atoms with Gasteiger partial charge in [0.1, 0.15) is 0 Å². The van der Waals surface area contributed by atoms with Gasteiger partial charge in [-0.2, -0.15) is 11.8 Å². The number of sulfonamides is 1. The average molecular weight is 311 g/mol. The highest BCUT2D eigenvalue weighted by atomic mass is 32.2. The highest BCUT2D eigenvalue weighted by Gasteiger charge is 2.26. The largest absolute Gasteiger partial charge is 0.317 e. The van der Waals surface area contributed by atoms with Gasteiger partial charge in [0.15, 0.2) is 0 Å². The van der Waals surface area contributed by atoms with Crippen molar-refractivity contribution in [1.29, 1.82) is 0 Å². The molecule has 0 aromatic rings. The average Bonchev–Trinajstić information content (AvgIpc) is 2.41. The summed E-state index contributed by atoms with van der Waals surface area (Å²) in [5.41, 5.74) is 0. The Balaban J connectivity index is 4.08. The van der Waals surface area contributed by atoms with E-state index in [1.807, 2.05) is 0 Å². The fraction of sp³-hybridized carbons (Fsp3) is 1.00. The molecule has 0 radical (unpaired) electrons. The molecule has 0 aromatic carbocycles. The van der Waals surface area contributed by atoms with Crippen molar-refractivity contribution in [2.45, 2.75) is 51.2 Å². The van der Waals surface area contributed by atoms with Gasteiger partial charge in [-0.05, 0) is 45.0 Å². The van der Waals surface area contributed by atoms with Crippen LogP contribution in [0.25, 0.3) is 0 Å². The molecule has 0 fully saturated rings. The number of unbranched alkanes of at least 4 members (excludes halogenated alkanes) is 1. The van der Waals surface area contributed by atoms with Crippen molar-refractivity contribution >= 4 is 21.8 Å². The van der Waals surface area contributed by atoms with E-state index in [2.05, 4.69) is 37.1 Å². The summed E-state index contributed by atoms with van der Waals surface area (Å²) in [6.07, 6.45) is 5.63. The van der Waals surface area contributed by atoms with E-state index in [9.17, 15) is 8.42 Å². The zero-order valence-electron chi connectivity index (χ0n) is 12.8. The van der Waals surface area contributed by atoms with Crippen LogP contribution in [0.5, 0.6) is 0 Å². The van der Waals surface area contributed by atoms with Crippen molar-refractivity contribution in [3.8, 4) is 0 Å². The van der Waals surface area contributed by atoms with E-state index in [1.54, 1.807) is 11.8 Å². The predicted octanol–water partition coefficient (Wildman–Crippen LogP) is 2.22. The molecular weight excluding hydrogens is 280 g/mol. The van der Waals surface area contributed by atoms with E-state index < -0.39 is 10.0 Å². The molecule has 116 valence electrons. The van der Waals surface area contributed by atoms with Crippen molar-refractivity contribution in [2.75, 3.05) is 31.6 Å². The summed E-state index contributed by atoms with van der Waals surface area (Å²) in [5.74, 6) is 0.232. The van der Waals surface area contributed by atoms with Crippen LogP contribution in [-0.2, 0) is 10.0 Å². The van der Waals surface area contributed by atoms with Crippen LogP contribution in [0.15, 0.2) is 0 Å². The first kappa shape index (κ1) is 19.2. The van der Waals surface area contributed by atoms with Crippen LogP contribution >= 0.6 is 11.8 Å². The normalized spacial score (nSPS) is 12.8. The fourth-order valence-electron chi connectivity index (χ4n) is 1.89. The van der Waals surface area contributed by atoms with Gasteiger partial charge in [-0.15, -0.1) is 0 Å². The zero-order chi connectivity index (χ0) is 14.8. The van der Waals surface area contributed by atoms with Crippen LogP contribution < -0.4 is 10.0 Å². The second kappa shape index (κ2) is 10.0. The first-order valence-electron chi connectivity index (χ1n) is 7.18. The van der Waals surface area contributed by atoms with Crippen LogP contribution in [0.1, 0.15) is 46.5 Å². The van der Waals surface area contributed by atoms with Crippen LogP contribution in [0, 0.1) is 0 Å². The van der Waals surface area contributed by atoms with E-state index in [0.717, 1.165) is 32.4 Å². The first-order valence-corrected chi connectivity index (χ1v) is 10.1. The molecule has 0 rings (SSSR count). The monoisotopic (exact) mass is 310 g/mol. The van der Waals surface area contributed by atoms with Crippen LogP contribution in [0.2, 0.25) is 0 Å². The minimum atomic E-state index is -3.12. The number of nitrogens with one attached hydrogen (secondary N) is 2. The molecule has 6 heteroatoms. The molecule has 0 aromatic heterocycles. The lowest BCUT2D eigenvalue weighted by atomic mass is 10.0. The smallest absolute Gasteiger partial charge is 0.211 e. The summed E-state index contributed by atoms with van der Waals surface area (Å²) in [4.78, 5) is 0. The van der Waals surface area contributed by atoms with Crippen molar-refractivity contribution in [3.05, 3.63) is 0 Å². The molecule has 0 aliphatic carbocycles. The highest BCUT2D eigenvalue weighted by Crippen LogP contribution is 2.29. The molecule has 0 bridgehead atoms. The molecule has 0 saturated heterocycles. The number of hydrogen-bond acceptors (Lipinski definition) is 4. The molecule has 0 aliphatic heterocycles. The lowest BCUT2D eigenvalue weighted by molar-refractivity contribution is 0.520. The fourth-order valence-corrected chi connectivity index (χ4v) is 4.00. The van der Waals surface area contributed by atoms with Gasteiger partial charge in [-0.1, -0.05) is 20.8 Å². The highest BCUT2D eigenvalue weighted by molar-refractivity contribution is 8.00. The Morgan fingerprint density at radius 2 is 1.74 bits per heavy atom. The molecule has 0 aliphatic rings. The number of rotatable bonds is 12. The van der Waals surface area contributed by atoms with Gasteiger partial charge in [0, 0.05) is 11.3 Å². The predicted molar refractivity (Wildman–Crippen MR) is 86.4 cm³/mol. The Bertz CT molecular complexity index is 306. The van der Waals surface area contributed by atoms with E-state index in [4.69, 9.17) is 0 Å². The standard InChI is InChI=1S/C13H30N2O2S2/c1-5-13(6-2,18-4)12-15-19(16,17)11-9-8-10-14-7-3/h14-15H,5-12H2,1-4H3. The van der Waals surface area contributed by atoms with Crippen molar-refractivity contribution < 1.29 is 8.42 Å². The molecule has 4 nitrogen and oxygen atoms in total. The summed E-state index contributed by atoms with van der Waals surface area (Å²) in [5, 5.41) is 3.20. The van der Waals surface area contributed by atoms with Gasteiger partial charge in [-0.3, -0.25) is 0 Å². The second-order valence-corrected chi connectivity index (χ2v) is 8.00. The van der Waals surface area contributed by atoms with Gasteiger partial charge < -0.3 is 5.32 Å². The number of hydrogen-bond donors (Lipinski definition) is 2. The summed E-state index contributed by atoms with van der Waals surface area (Å²) < 4.78 is 26.6. The lowest BCUT2D eigenvalue weighted by Crippen LogP contribution is -2.40. The Kier molecular flexibility index (Phi) is 10.1. The SMILES string of the molecule is CCNCCCCS(=O)(=O)NCC(CC)(CC)SC. The quantitative estimate of drug-likeness (QED) is 0.543. The third-order valence-corrected chi connectivity index (χ3v) is 6.60. The maximum absolute atomic E-state index is 11.9. The van der Waals surface area contributed by atoms with E-state index in [-0.39, 0.29) is 10.5 Å². The third-order valence-electron chi connectivity index (χ3n) is 3.60. The summed E-state index contributed by atoms with van der Waals surface area (Å²) in [6.45, 7) is 8.65. The van der Waals surface area contributed by atoms with Crippen LogP contribution in [-0.4, -0.2) is 44.8 Å². The Hall–Kier alpha value is 0.220. The van der Waals surface area contributed by atoms with Gasteiger partial charge in [0.2, 0.25) is 10.0 Å². The van der Waals surface area contributed by atoms with E-state index in [0.29, 0.717) is 13.0 Å². The minimum Gasteiger partial charge on any atom is -0.317 e. The van der Waals surface area contributed by atoms with Gasteiger partial charge >= 0.3 is 0 Å². The maximum atomic E-state index is 11.9. The molecule has 0 amide bonds. The van der Waals surface area contributed by atoms with E-state index in [1.165, 1.54) is 0 Å². The van der Waals surface area contributed by atoms with Crippen LogP contribution in [0.4, 0.5) is 0 Å². The number of thioether (sulfide) groups is 1. The second-order valence-electron chi connectivity index (χ2n) is 4.79. The van der Waals surface area contributed by atoms with E-state index >= 15 is 0 Å². The molecule has 0 saturated carbocycles. The zero-order valence-corrected chi connectivity index (χ0v) is 14.4. The molecule has 0 spiro atoms. The Morgan fingerprint density at radius 1 is 1.11 bits per heavy atom. The topological polar surface area (TPSA) is 58.2 Å². The minimum absolute atomic E-state index is 0.0385. The first-order chi connectivity index (χ1) is 8.95. The summed E-state index contributed by atoms with van der Waals surface area (Å²) in [6, 6.07) is 0. The third kappa shape index (κ3) is 8.17. The van der Waals surface area contributed by atoms with Crippen molar-refractivity contribution in [1.82, 2.24) is 10.0 Å². The molecule has 2 N–H and O–H groups in total.